The van der Waals surface area contributed by atoms with Crippen LogP contribution < -0.4 is 0 Å². The van der Waals surface area contributed by atoms with Crippen LogP contribution in [0.2, 0.25) is 0 Å². The molecule has 2 heterocycles. The molecule has 2 heteroatoms. The molecule has 24 heavy (non-hydrogen) atoms. The molecule has 5 rings (SSSR count). The molecule has 2 saturated carbocycles. The zero-order valence-corrected chi connectivity index (χ0v) is 15.2. The van der Waals surface area contributed by atoms with Gasteiger partial charge in [-0.1, -0.05) is 57.5 Å². The Bertz CT molecular complexity index is 606. The van der Waals surface area contributed by atoms with Crippen molar-refractivity contribution in [3.05, 3.63) is 35.9 Å². The average Bonchev–Trinajstić information content (AvgIpc) is 2.97. The van der Waals surface area contributed by atoms with Gasteiger partial charge in [0, 0.05) is 6.42 Å². The van der Waals surface area contributed by atoms with Crippen LogP contribution in [-0.2, 0) is 9.53 Å². The maximum atomic E-state index is 13.1. The van der Waals surface area contributed by atoms with Crippen molar-refractivity contribution in [3.8, 4) is 0 Å². The summed E-state index contributed by atoms with van der Waals surface area (Å²) in [6.07, 6.45) is 5.44. The lowest BCUT2D eigenvalue weighted by Crippen LogP contribution is -2.47. The predicted octanol–water partition coefficient (Wildman–Crippen LogP) is 4.98. The molecular formula is C22H30O2. The first-order valence-corrected chi connectivity index (χ1v) is 9.75. The van der Waals surface area contributed by atoms with Crippen molar-refractivity contribution in [1.82, 2.24) is 0 Å². The monoisotopic (exact) mass is 326 g/mol. The largest absolute Gasteiger partial charge is 0.367 e. The molecule has 4 fully saturated rings. The highest BCUT2D eigenvalue weighted by atomic mass is 16.5. The van der Waals surface area contributed by atoms with E-state index in [-0.39, 0.29) is 6.10 Å². The van der Waals surface area contributed by atoms with E-state index in [0.717, 1.165) is 12.8 Å². The van der Waals surface area contributed by atoms with Crippen LogP contribution in [0.1, 0.15) is 64.4 Å². The minimum atomic E-state index is -0.130. The minimum absolute atomic E-state index is 0.130. The van der Waals surface area contributed by atoms with E-state index in [1.807, 2.05) is 6.07 Å². The molecule has 4 aliphatic rings. The van der Waals surface area contributed by atoms with Crippen molar-refractivity contribution in [3.63, 3.8) is 0 Å². The molecule has 1 aromatic carbocycles. The third-order valence-electron chi connectivity index (χ3n) is 7.27. The Labute approximate surface area is 146 Å². The Hall–Kier alpha value is -1.15. The van der Waals surface area contributed by atoms with E-state index in [4.69, 9.17) is 4.74 Å². The molecule has 0 spiro atoms. The number of rotatable bonds is 6. The van der Waals surface area contributed by atoms with Crippen LogP contribution >= 0.6 is 0 Å². The zero-order valence-electron chi connectivity index (χ0n) is 15.2. The third kappa shape index (κ3) is 2.45. The Morgan fingerprint density at radius 2 is 1.96 bits per heavy atom. The van der Waals surface area contributed by atoms with E-state index in [1.54, 1.807) is 0 Å². The molecule has 0 aromatic heterocycles. The summed E-state index contributed by atoms with van der Waals surface area (Å²) >= 11 is 0. The quantitative estimate of drug-likeness (QED) is 0.737. The highest BCUT2D eigenvalue weighted by Crippen LogP contribution is 2.65. The first-order chi connectivity index (χ1) is 11.5. The highest BCUT2D eigenvalue weighted by Gasteiger charge is 2.65. The summed E-state index contributed by atoms with van der Waals surface area (Å²) in [5, 5.41) is 0. The smallest absolute Gasteiger partial charge is 0.162 e. The molecule has 0 radical (unpaired) electrons. The van der Waals surface area contributed by atoms with Gasteiger partial charge in [-0.25, -0.2) is 0 Å². The van der Waals surface area contributed by atoms with Crippen LogP contribution in [0, 0.1) is 23.2 Å². The summed E-state index contributed by atoms with van der Waals surface area (Å²) in [6.45, 7) is 6.99. The van der Waals surface area contributed by atoms with Gasteiger partial charge in [-0.15, -0.1) is 0 Å². The van der Waals surface area contributed by atoms with E-state index in [1.165, 1.54) is 18.4 Å². The number of hydrogen-bond acceptors (Lipinski definition) is 2. The molecule has 4 bridgehead atoms. The second kappa shape index (κ2) is 5.98. The van der Waals surface area contributed by atoms with Gasteiger partial charge in [-0.05, 0) is 53.9 Å². The standard InChI is InChI=1S/C22H30O2/c1-4-8-15(14-9-6-5-7-10-14)11-19(23)21-16-12-18-20(24-21)13-17(16)22(18,2)3/h5-7,9-10,15-18,20-21H,4,8,11-13H2,1-3H3. The molecule has 6 unspecified atom stereocenters. The SMILES string of the molecule is CCCC(CC(=O)C1OC2CC3C1CC2C3(C)C)c1ccccc1. The summed E-state index contributed by atoms with van der Waals surface area (Å²) in [4.78, 5) is 13.1. The Morgan fingerprint density at radius 1 is 1.21 bits per heavy atom. The number of carbonyl (C=O) groups excluding carboxylic acids is 1. The molecule has 130 valence electrons. The van der Waals surface area contributed by atoms with E-state index >= 15 is 0 Å². The number of ketones is 1. The van der Waals surface area contributed by atoms with Gasteiger partial charge in [-0.3, -0.25) is 4.79 Å². The fraction of sp³-hybridized carbons (Fsp3) is 0.682. The van der Waals surface area contributed by atoms with Crippen LogP contribution in [-0.4, -0.2) is 18.0 Å². The fourth-order valence-electron chi connectivity index (χ4n) is 6.02. The summed E-state index contributed by atoms with van der Waals surface area (Å²) in [6, 6.07) is 10.5. The molecule has 0 N–H and O–H groups in total. The Morgan fingerprint density at radius 3 is 2.54 bits per heavy atom. The third-order valence-corrected chi connectivity index (χ3v) is 7.27. The van der Waals surface area contributed by atoms with Gasteiger partial charge in [0.2, 0.25) is 0 Å². The zero-order chi connectivity index (χ0) is 16.9. The van der Waals surface area contributed by atoms with Crippen molar-refractivity contribution >= 4 is 5.78 Å². The lowest BCUT2D eigenvalue weighted by atomic mass is 9.75. The number of hydrogen-bond donors (Lipinski definition) is 0. The van der Waals surface area contributed by atoms with E-state index in [0.29, 0.717) is 47.4 Å². The second-order valence-electron chi connectivity index (χ2n) is 8.83. The maximum absolute atomic E-state index is 13.1. The van der Waals surface area contributed by atoms with Gasteiger partial charge in [0.25, 0.3) is 0 Å². The van der Waals surface area contributed by atoms with Gasteiger partial charge < -0.3 is 4.74 Å². The minimum Gasteiger partial charge on any atom is -0.367 e. The Balaban J connectivity index is 1.49. The van der Waals surface area contributed by atoms with Crippen molar-refractivity contribution in [1.29, 1.82) is 0 Å². The van der Waals surface area contributed by atoms with E-state index in [2.05, 4.69) is 45.0 Å². The number of fused-ring (bicyclic) bond motifs is 1. The van der Waals surface area contributed by atoms with Crippen LogP contribution in [0.5, 0.6) is 0 Å². The van der Waals surface area contributed by atoms with Gasteiger partial charge in [0.1, 0.15) is 6.10 Å². The van der Waals surface area contributed by atoms with Crippen LogP contribution in [0.15, 0.2) is 30.3 Å². The van der Waals surface area contributed by atoms with Crippen molar-refractivity contribution in [2.75, 3.05) is 0 Å². The summed E-state index contributed by atoms with van der Waals surface area (Å²) < 4.78 is 6.30. The normalized spacial score (nSPS) is 36.9. The lowest BCUT2D eigenvalue weighted by molar-refractivity contribution is -0.161. The molecule has 1 aromatic rings. The van der Waals surface area contributed by atoms with Gasteiger partial charge in [0.05, 0.1) is 6.10 Å². The molecule has 6 atom stereocenters. The molecule has 0 amide bonds. The van der Waals surface area contributed by atoms with Crippen molar-refractivity contribution < 1.29 is 9.53 Å². The molecule has 2 saturated heterocycles. The van der Waals surface area contributed by atoms with Crippen LogP contribution in [0.25, 0.3) is 0 Å². The highest BCUT2D eigenvalue weighted by molar-refractivity contribution is 5.84. The van der Waals surface area contributed by atoms with Crippen LogP contribution in [0.3, 0.4) is 0 Å². The first kappa shape index (κ1) is 16.3. The molecular weight excluding hydrogens is 296 g/mol. The lowest BCUT2D eigenvalue weighted by Gasteiger charge is -2.41. The number of benzene rings is 1. The van der Waals surface area contributed by atoms with Gasteiger partial charge in [-0.2, -0.15) is 0 Å². The second-order valence-corrected chi connectivity index (χ2v) is 8.83. The Kier molecular flexibility index (Phi) is 4.07. The van der Waals surface area contributed by atoms with E-state index in [9.17, 15) is 4.79 Å². The van der Waals surface area contributed by atoms with Crippen molar-refractivity contribution in [2.24, 2.45) is 23.2 Å². The molecule has 2 nitrogen and oxygen atoms in total. The van der Waals surface area contributed by atoms with Gasteiger partial charge in [0.15, 0.2) is 5.78 Å². The number of Topliss-reactive ketones (excluding diaryl/α,β-unsaturated/α-hetero) is 1. The predicted molar refractivity (Wildman–Crippen MR) is 95.9 cm³/mol. The number of carbonyl (C=O) groups is 1. The van der Waals surface area contributed by atoms with E-state index < -0.39 is 0 Å². The van der Waals surface area contributed by atoms with Crippen LogP contribution in [0.4, 0.5) is 0 Å². The molecule has 2 aliphatic carbocycles. The topological polar surface area (TPSA) is 26.3 Å². The first-order valence-electron chi connectivity index (χ1n) is 9.75. The summed E-state index contributed by atoms with van der Waals surface area (Å²) in [7, 11) is 0. The average molecular weight is 326 g/mol. The van der Waals surface area contributed by atoms with Gasteiger partial charge >= 0.3 is 0 Å². The number of ether oxygens (including phenoxy) is 1. The van der Waals surface area contributed by atoms with Crippen molar-refractivity contribution in [2.45, 2.75) is 71.0 Å². The fourth-order valence-corrected chi connectivity index (χ4v) is 6.02. The summed E-state index contributed by atoms with van der Waals surface area (Å²) in [5.74, 6) is 2.54. The maximum Gasteiger partial charge on any atom is 0.162 e. The summed E-state index contributed by atoms with van der Waals surface area (Å²) in [5.41, 5.74) is 1.67. The molecule has 2 aliphatic heterocycles.